The van der Waals surface area contributed by atoms with Crippen LogP contribution in [0.2, 0.25) is 0 Å². The zero-order chi connectivity index (χ0) is 22.9. The number of nitrogen functional groups attached to an aromatic ring is 1. The van der Waals surface area contributed by atoms with Crippen LogP contribution in [0, 0.1) is 0 Å². The summed E-state index contributed by atoms with van der Waals surface area (Å²) in [5.74, 6) is 2.01. The summed E-state index contributed by atoms with van der Waals surface area (Å²) in [6.45, 7) is 5.85. The minimum Gasteiger partial charge on any atom is -0.497 e. The van der Waals surface area contributed by atoms with Crippen molar-refractivity contribution in [2.75, 3.05) is 43.9 Å². The molecule has 0 aliphatic carbocycles. The van der Waals surface area contributed by atoms with Gasteiger partial charge in [-0.15, -0.1) is 0 Å². The first-order chi connectivity index (χ1) is 16.0. The normalized spacial score (nSPS) is 15.7. The molecule has 0 bridgehead atoms. The van der Waals surface area contributed by atoms with E-state index in [-0.39, 0.29) is 0 Å². The Bertz CT molecular complexity index is 1260. The topological polar surface area (TPSA) is 85.3 Å². The third-order valence-corrected chi connectivity index (χ3v) is 6.50. The first-order valence-electron chi connectivity index (χ1n) is 11.2. The van der Waals surface area contributed by atoms with E-state index >= 15 is 0 Å². The second-order valence-corrected chi connectivity index (χ2v) is 8.42. The van der Waals surface area contributed by atoms with Crippen molar-refractivity contribution in [2.24, 2.45) is 7.05 Å². The Balaban J connectivity index is 1.46. The number of hydrogen-bond acceptors (Lipinski definition) is 7. The smallest absolute Gasteiger partial charge is 0.228 e. The Morgan fingerprint density at radius 2 is 1.73 bits per heavy atom. The maximum atomic E-state index is 6.35. The van der Waals surface area contributed by atoms with Crippen molar-refractivity contribution in [3.63, 3.8) is 0 Å². The molecule has 8 nitrogen and oxygen atoms in total. The SMILES string of the molecule is COc1cccc(-c2nc(N3CCN(C(C)c4ccccc4)CC3)nc3nn(C)c(N)c23)c1. The predicted octanol–water partition coefficient (Wildman–Crippen LogP) is 3.50. The highest BCUT2D eigenvalue weighted by Crippen LogP contribution is 2.33. The molecule has 0 radical (unpaired) electrons. The summed E-state index contributed by atoms with van der Waals surface area (Å²) in [6.07, 6.45) is 0. The van der Waals surface area contributed by atoms with Crippen molar-refractivity contribution in [3.05, 3.63) is 60.2 Å². The predicted molar refractivity (Wildman–Crippen MR) is 131 cm³/mol. The fraction of sp³-hybridized carbons (Fsp3) is 0.320. The highest BCUT2D eigenvalue weighted by molar-refractivity contribution is 5.99. The molecule has 170 valence electrons. The molecule has 2 N–H and O–H groups in total. The molecule has 1 atom stereocenters. The fourth-order valence-electron chi connectivity index (χ4n) is 4.48. The molecule has 4 aromatic rings. The molecule has 0 spiro atoms. The van der Waals surface area contributed by atoms with Gasteiger partial charge in [-0.2, -0.15) is 10.1 Å². The number of aromatic nitrogens is 4. The molecule has 2 aromatic carbocycles. The Morgan fingerprint density at radius 3 is 2.45 bits per heavy atom. The molecule has 1 aliphatic rings. The van der Waals surface area contributed by atoms with Gasteiger partial charge in [-0.3, -0.25) is 9.58 Å². The van der Waals surface area contributed by atoms with Crippen molar-refractivity contribution < 1.29 is 4.74 Å². The van der Waals surface area contributed by atoms with Gasteiger partial charge in [-0.05, 0) is 24.6 Å². The van der Waals surface area contributed by atoms with Gasteiger partial charge in [0.05, 0.1) is 18.2 Å². The van der Waals surface area contributed by atoms with E-state index in [4.69, 9.17) is 20.4 Å². The molecule has 8 heteroatoms. The van der Waals surface area contributed by atoms with Crippen LogP contribution < -0.4 is 15.4 Å². The molecule has 1 unspecified atom stereocenters. The summed E-state index contributed by atoms with van der Waals surface area (Å²) >= 11 is 0. The highest BCUT2D eigenvalue weighted by Gasteiger charge is 2.25. The number of aryl methyl sites for hydroxylation is 1. The van der Waals surface area contributed by atoms with Gasteiger partial charge in [-0.1, -0.05) is 42.5 Å². The molecule has 1 fully saturated rings. The number of ether oxygens (including phenoxy) is 1. The van der Waals surface area contributed by atoms with Gasteiger partial charge in [0.1, 0.15) is 11.6 Å². The van der Waals surface area contributed by atoms with E-state index in [1.54, 1.807) is 11.8 Å². The number of anilines is 2. The summed E-state index contributed by atoms with van der Waals surface area (Å²) in [6, 6.07) is 18.9. The molecule has 0 saturated carbocycles. The summed E-state index contributed by atoms with van der Waals surface area (Å²) in [4.78, 5) is 14.5. The molecule has 1 aliphatic heterocycles. The van der Waals surface area contributed by atoms with E-state index in [1.807, 2.05) is 31.3 Å². The maximum absolute atomic E-state index is 6.35. The number of hydrogen-bond donors (Lipinski definition) is 1. The van der Waals surface area contributed by atoms with Crippen LogP contribution in [0.3, 0.4) is 0 Å². The lowest BCUT2D eigenvalue weighted by Gasteiger charge is -2.38. The second-order valence-electron chi connectivity index (χ2n) is 8.42. The first kappa shape index (κ1) is 21.2. The molecule has 1 saturated heterocycles. The number of rotatable bonds is 5. The van der Waals surface area contributed by atoms with E-state index in [2.05, 4.69) is 52.2 Å². The molecule has 3 heterocycles. The van der Waals surface area contributed by atoms with Gasteiger partial charge in [0.15, 0.2) is 5.65 Å². The van der Waals surface area contributed by atoms with E-state index in [0.29, 0.717) is 23.5 Å². The number of benzene rings is 2. The van der Waals surface area contributed by atoms with Crippen LogP contribution in [-0.4, -0.2) is 57.9 Å². The Kier molecular flexibility index (Phi) is 5.60. The van der Waals surface area contributed by atoms with Gasteiger partial charge in [0.25, 0.3) is 0 Å². The van der Waals surface area contributed by atoms with Crippen LogP contribution in [0.1, 0.15) is 18.5 Å². The minimum absolute atomic E-state index is 0.375. The lowest BCUT2D eigenvalue weighted by molar-refractivity contribution is 0.198. The van der Waals surface area contributed by atoms with Crippen LogP contribution in [0.5, 0.6) is 5.75 Å². The Hall–Kier alpha value is -3.65. The second kappa shape index (κ2) is 8.71. The van der Waals surface area contributed by atoms with E-state index in [0.717, 1.165) is 48.6 Å². The molecular formula is C25H29N7O. The molecule has 2 aromatic heterocycles. The number of methoxy groups -OCH3 is 1. The van der Waals surface area contributed by atoms with Gasteiger partial charge in [0.2, 0.25) is 5.95 Å². The monoisotopic (exact) mass is 443 g/mol. The lowest BCUT2D eigenvalue weighted by Crippen LogP contribution is -2.47. The van der Waals surface area contributed by atoms with Crippen LogP contribution in [0.15, 0.2) is 54.6 Å². The number of nitrogens with zero attached hydrogens (tertiary/aromatic N) is 6. The third kappa shape index (κ3) is 3.98. The average molecular weight is 444 g/mol. The maximum Gasteiger partial charge on any atom is 0.228 e. The van der Waals surface area contributed by atoms with Crippen LogP contribution >= 0.6 is 0 Å². The third-order valence-electron chi connectivity index (χ3n) is 6.50. The zero-order valence-corrected chi connectivity index (χ0v) is 19.3. The van der Waals surface area contributed by atoms with E-state index < -0.39 is 0 Å². The van der Waals surface area contributed by atoms with Crippen molar-refractivity contribution in [1.82, 2.24) is 24.6 Å². The van der Waals surface area contributed by atoms with Gasteiger partial charge >= 0.3 is 0 Å². The molecule has 0 amide bonds. The number of nitrogens with two attached hydrogens (primary N) is 1. The standard InChI is InChI=1S/C25H29N7O/c1-17(18-8-5-4-6-9-18)31-12-14-32(15-13-31)25-27-22(19-10-7-11-20(16-19)33-3)21-23(26)30(2)29-24(21)28-25/h4-11,16-17H,12-15,26H2,1-3H3. The average Bonchev–Trinajstić information content (AvgIpc) is 3.16. The molecular weight excluding hydrogens is 414 g/mol. The molecule has 33 heavy (non-hydrogen) atoms. The zero-order valence-electron chi connectivity index (χ0n) is 19.3. The molecule has 5 rings (SSSR count). The minimum atomic E-state index is 0.375. The first-order valence-corrected chi connectivity index (χ1v) is 11.2. The van der Waals surface area contributed by atoms with Crippen molar-refractivity contribution in [3.8, 4) is 17.0 Å². The highest BCUT2D eigenvalue weighted by atomic mass is 16.5. The largest absolute Gasteiger partial charge is 0.497 e. The Morgan fingerprint density at radius 1 is 0.970 bits per heavy atom. The lowest BCUT2D eigenvalue weighted by atomic mass is 10.1. The van der Waals surface area contributed by atoms with Crippen molar-refractivity contribution in [1.29, 1.82) is 0 Å². The Labute approximate surface area is 193 Å². The van der Waals surface area contributed by atoms with Crippen molar-refractivity contribution >= 4 is 22.8 Å². The number of fused-ring (bicyclic) bond motifs is 1. The van der Waals surface area contributed by atoms with Crippen LogP contribution in [0.25, 0.3) is 22.3 Å². The van der Waals surface area contributed by atoms with Gasteiger partial charge < -0.3 is 15.4 Å². The fourth-order valence-corrected chi connectivity index (χ4v) is 4.48. The number of piperazine rings is 1. The van der Waals surface area contributed by atoms with E-state index in [9.17, 15) is 0 Å². The van der Waals surface area contributed by atoms with Crippen LogP contribution in [0.4, 0.5) is 11.8 Å². The summed E-state index contributed by atoms with van der Waals surface area (Å²) in [7, 11) is 3.49. The quantitative estimate of drug-likeness (QED) is 0.505. The van der Waals surface area contributed by atoms with Crippen molar-refractivity contribution in [2.45, 2.75) is 13.0 Å². The van der Waals surface area contributed by atoms with Gasteiger partial charge in [-0.25, -0.2) is 4.98 Å². The van der Waals surface area contributed by atoms with E-state index in [1.165, 1.54) is 5.56 Å². The van der Waals surface area contributed by atoms with Crippen LogP contribution in [-0.2, 0) is 7.05 Å². The summed E-state index contributed by atoms with van der Waals surface area (Å²) < 4.78 is 7.09. The van der Waals surface area contributed by atoms with Gasteiger partial charge in [0, 0.05) is 44.8 Å². The summed E-state index contributed by atoms with van der Waals surface area (Å²) in [5.41, 5.74) is 10.0. The summed E-state index contributed by atoms with van der Waals surface area (Å²) in [5, 5.41) is 5.32.